The second-order valence-electron chi connectivity index (χ2n) is 7.40. The van der Waals surface area contributed by atoms with E-state index < -0.39 is 0 Å². The maximum atomic E-state index is 12.8. The molecule has 3 fully saturated rings. The molecule has 3 heterocycles. The van der Waals surface area contributed by atoms with E-state index in [-0.39, 0.29) is 17.9 Å². The molecule has 126 valence electrons. The highest BCUT2D eigenvalue weighted by atomic mass is 16.5. The van der Waals surface area contributed by atoms with Gasteiger partial charge in [-0.15, -0.1) is 0 Å². The topological polar surface area (TPSA) is 59.4 Å². The average molecular weight is 318 g/mol. The number of hydrogen-bond donors (Lipinski definition) is 1. The van der Waals surface area contributed by atoms with E-state index in [1.165, 1.54) is 12.8 Å². The number of aryl methyl sites for hydroxylation is 1. The number of nitrogens with zero attached hydrogens (tertiary/aromatic N) is 3. The fraction of sp³-hybridized carbons (Fsp3) is 0.765. The van der Waals surface area contributed by atoms with Crippen molar-refractivity contribution < 1.29 is 9.53 Å². The van der Waals surface area contributed by atoms with Gasteiger partial charge in [-0.1, -0.05) is 6.92 Å². The monoisotopic (exact) mass is 318 g/mol. The van der Waals surface area contributed by atoms with Gasteiger partial charge in [-0.3, -0.25) is 14.4 Å². The quantitative estimate of drug-likeness (QED) is 0.904. The Balaban J connectivity index is 1.46. The van der Waals surface area contributed by atoms with Gasteiger partial charge < -0.3 is 10.1 Å². The normalized spacial score (nSPS) is 31.7. The molecule has 1 aliphatic carbocycles. The number of ether oxygens (including phenoxy) is 1. The van der Waals surface area contributed by atoms with E-state index in [1.807, 2.05) is 13.2 Å². The summed E-state index contributed by atoms with van der Waals surface area (Å²) in [5, 5.41) is 7.79. The molecule has 4 rings (SSSR count). The summed E-state index contributed by atoms with van der Waals surface area (Å²) in [5.74, 6) is 0.782. The molecule has 0 radical (unpaired) electrons. The van der Waals surface area contributed by atoms with Crippen LogP contribution in [0, 0.1) is 5.92 Å². The SMILES string of the molecule is C[C@@H]1CN(C2CC2)C[C@H]1NC(=O)c1cn(C)nc1[C@@H]1CCOC1. The van der Waals surface area contributed by atoms with Crippen molar-refractivity contribution in [3.63, 3.8) is 0 Å². The minimum absolute atomic E-state index is 0.0227. The third-order valence-electron chi connectivity index (χ3n) is 5.44. The van der Waals surface area contributed by atoms with E-state index in [2.05, 4.69) is 22.2 Å². The molecule has 0 bridgehead atoms. The second kappa shape index (κ2) is 5.91. The van der Waals surface area contributed by atoms with E-state index in [9.17, 15) is 4.79 Å². The number of rotatable bonds is 4. The molecule has 6 heteroatoms. The van der Waals surface area contributed by atoms with Crippen LogP contribution in [0.25, 0.3) is 0 Å². The highest BCUT2D eigenvalue weighted by molar-refractivity contribution is 5.95. The molecule has 2 saturated heterocycles. The first-order valence-electron chi connectivity index (χ1n) is 8.78. The zero-order valence-corrected chi connectivity index (χ0v) is 14.0. The third kappa shape index (κ3) is 3.02. The molecule has 3 atom stereocenters. The van der Waals surface area contributed by atoms with Crippen molar-refractivity contribution in [2.24, 2.45) is 13.0 Å². The van der Waals surface area contributed by atoms with Crippen molar-refractivity contribution >= 4 is 5.91 Å². The van der Waals surface area contributed by atoms with Crippen molar-refractivity contribution in [2.75, 3.05) is 26.3 Å². The molecule has 1 aromatic rings. The number of nitrogens with one attached hydrogen (secondary N) is 1. The summed E-state index contributed by atoms with van der Waals surface area (Å²) < 4.78 is 7.21. The van der Waals surface area contributed by atoms with Crippen LogP contribution in [-0.2, 0) is 11.8 Å². The summed E-state index contributed by atoms with van der Waals surface area (Å²) in [6.45, 7) is 5.76. The largest absolute Gasteiger partial charge is 0.381 e. The lowest BCUT2D eigenvalue weighted by Crippen LogP contribution is -2.40. The Bertz CT molecular complexity index is 589. The van der Waals surface area contributed by atoms with Crippen LogP contribution in [0.2, 0.25) is 0 Å². The summed E-state index contributed by atoms with van der Waals surface area (Å²) >= 11 is 0. The predicted octanol–water partition coefficient (Wildman–Crippen LogP) is 1.14. The molecule has 0 unspecified atom stereocenters. The lowest BCUT2D eigenvalue weighted by Gasteiger charge is -2.17. The lowest BCUT2D eigenvalue weighted by molar-refractivity contribution is 0.0929. The fourth-order valence-corrected chi connectivity index (χ4v) is 3.91. The number of aromatic nitrogens is 2. The molecular weight excluding hydrogens is 292 g/mol. The number of carbonyl (C=O) groups excluding carboxylic acids is 1. The highest BCUT2D eigenvalue weighted by Crippen LogP contribution is 2.32. The van der Waals surface area contributed by atoms with Crippen LogP contribution in [0.1, 0.15) is 48.2 Å². The smallest absolute Gasteiger partial charge is 0.255 e. The molecule has 2 aliphatic heterocycles. The zero-order chi connectivity index (χ0) is 16.0. The van der Waals surface area contributed by atoms with Gasteiger partial charge in [-0.2, -0.15) is 5.10 Å². The standard InChI is InChI=1S/C17H26N4O2/c1-11-7-21(13-3-4-13)9-15(11)18-17(22)14-8-20(2)19-16(14)12-5-6-23-10-12/h8,11-13,15H,3-7,9-10H2,1-2H3,(H,18,22)/t11-,12-,15-/m1/s1. The molecule has 0 aromatic carbocycles. The lowest BCUT2D eigenvalue weighted by atomic mass is 10.00. The van der Waals surface area contributed by atoms with E-state index in [4.69, 9.17) is 4.74 Å². The number of hydrogen-bond acceptors (Lipinski definition) is 4. The molecule has 0 spiro atoms. The third-order valence-corrected chi connectivity index (χ3v) is 5.44. The van der Waals surface area contributed by atoms with Crippen LogP contribution in [0.5, 0.6) is 0 Å². The average Bonchev–Trinajstić information content (AvgIpc) is 2.93. The van der Waals surface area contributed by atoms with Crippen LogP contribution in [0.4, 0.5) is 0 Å². The summed E-state index contributed by atoms with van der Waals surface area (Å²) in [5.41, 5.74) is 1.62. The Morgan fingerprint density at radius 2 is 2.17 bits per heavy atom. The number of carbonyl (C=O) groups is 1. The zero-order valence-electron chi connectivity index (χ0n) is 14.0. The van der Waals surface area contributed by atoms with Crippen LogP contribution in [-0.4, -0.2) is 59.0 Å². The maximum absolute atomic E-state index is 12.8. The van der Waals surface area contributed by atoms with Crippen LogP contribution >= 0.6 is 0 Å². The molecule has 23 heavy (non-hydrogen) atoms. The Labute approximate surface area is 137 Å². The molecule has 1 aromatic heterocycles. The van der Waals surface area contributed by atoms with Crippen LogP contribution < -0.4 is 5.32 Å². The Kier molecular flexibility index (Phi) is 3.89. The first kappa shape index (κ1) is 15.1. The molecule has 3 aliphatic rings. The van der Waals surface area contributed by atoms with E-state index >= 15 is 0 Å². The summed E-state index contributed by atoms with van der Waals surface area (Å²) in [4.78, 5) is 15.3. The summed E-state index contributed by atoms with van der Waals surface area (Å²) in [6.07, 6.45) is 5.44. The summed E-state index contributed by atoms with van der Waals surface area (Å²) in [7, 11) is 1.88. The molecular formula is C17H26N4O2. The fourth-order valence-electron chi connectivity index (χ4n) is 3.91. The van der Waals surface area contributed by atoms with Crippen molar-refractivity contribution in [2.45, 2.75) is 44.2 Å². The van der Waals surface area contributed by atoms with Crippen molar-refractivity contribution in [3.05, 3.63) is 17.5 Å². The molecule has 1 amide bonds. The van der Waals surface area contributed by atoms with Gasteiger partial charge in [0, 0.05) is 50.9 Å². The van der Waals surface area contributed by atoms with Gasteiger partial charge in [0.2, 0.25) is 0 Å². The van der Waals surface area contributed by atoms with Gasteiger partial charge >= 0.3 is 0 Å². The van der Waals surface area contributed by atoms with Gasteiger partial charge in [0.15, 0.2) is 0 Å². The van der Waals surface area contributed by atoms with E-state index in [0.29, 0.717) is 12.5 Å². The first-order valence-corrected chi connectivity index (χ1v) is 8.78. The van der Waals surface area contributed by atoms with E-state index in [1.54, 1.807) is 4.68 Å². The van der Waals surface area contributed by atoms with Crippen molar-refractivity contribution in [1.29, 1.82) is 0 Å². The van der Waals surface area contributed by atoms with Gasteiger partial charge in [0.05, 0.1) is 17.9 Å². The van der Waals surface area contributed by atoms with Gasteiger partial charge in [0.1, 0.15) is 0 Å². The van der Waals surface area contributed by atoms with Crippen LogP contribution in [0.15, 0.2) is 6.20 Å². The number of amides is 1. The minimum atomic E-state index is 0.0227. The van der Waals surface area contributed by atoms with Gasteiger partial charge in [-0.25, -0.2) is 0 Å². The Morgan fingerprint density at radius 3 is 2.87 bits per heavy atom. The second-order valence-corrected chi connectivity index (χ2v) is 7.40. The van der Waals surface area contributed by atoms with Crippen molar-refractivity contribution in [3.8, 4) is 0 Å². The minimum Gasteiger partial charge on any atom is -0.381 e. The Morgan fingerprint density at radius 1 is 1.35 bits per heavy atom. The first-order chi connectivity index (χ1) is 11.1. The molecule has 6 nitrogen and oxygen atoms in total. The molecule has 1 N–H and O–H groups in total. The van der Waals surface area contributed by atoms with Gasteiger partial charge in [0.25, 0.3) is 5.91 Å². The number of likely N-dealkylation sites (tertiary alicyclic amines) is 1. The van der Waals surface area contributed by atoms with E-state index in [0.717, 1.165) is 43.4 Å². The Hall–Kier alpha value is -1.40. The van der Waals surface area contributed by atoms with Crippen LogP contribution in [0.3, 0.4) is 0 Å². The summed E-state index contributed by atoms with van der Waals surface area (Å²) in [6, 6.07) is 1.01. The predicted molar refractivity (Wildman–Crippen MR) is 86.4 cm³/mol. The highest BCUT2D eigenvalue weighted by Gasteiger charge is 2.39. The van der Waals surface area contributed by atoms with Gasteiger partial charge in [-0.05, 0) is 25.2 Å². The maximum Gasteiger partial charge on any atom is 0.255 e. The van der Waals surface area contributed by atoms with Crippen molar-refractivity contribution in [1.82, 2.24) is 20.0 Å². The molecule has 1 saturated carbocycles.